The van der Waals surface area contributed by atoms with Crippen LogP contribution < -0.4 is 0 Å². The Morgan fingerprint density at radius 1 is 1.35 bits per heavy atom. The highest BCUT2D eigenvalue weighted by atomic mass is 79.9. The van der Waals surface area contributed by atoms with Crippen LogP contribution in [0.2, 0.25) is 0 Å². The highest BCUT2D eigenvalue weighted by Gasteiger charge is 2.23. The summed E-state index contributed by atoms with van der Waals surface area (Å²) in [7, 11) is 0. The molecule has 2 heterocycles. The predicted octanol–water partition coefficient (Wildman–Crippen LogP) is 3.39. The van der Waals surface area contributed by atoms with Crippen molar-refractivity contribution in [3.05, 3.63) is 29.7 Å². The van der Waals surface area contributed by atoms with Crippen LogP contribution in [0.4, 0.5) is 0 Å². The van der Waals surface area contributed by atoms with Gasteiger partial charge in [0.1, 0.15) is 6.33 Å². The molecule has 0 spiro atoms. The number of aryl methyl sites for hydroxylation is 1. The summed E-state index contributed by atoms with van der Waals surface area (Å²) in [6.07, 6.45) is 2.56. The molecule has 17 heavy (non-hydrogen) atoms. The van der Waals surface area contributed by atoms with Crippen LogP contribution in [0.25, 0.3) is 5.65 Å². The number of rotatable bonds is 2. The first kappa shape index (κ1) is 12.6. The van der Waals surface area contributed by atoms with Gasteiger partial charge in [0, 0.05) is 16.9 Å². The maximum Gasteiger partial charge on any atom is 0.155 e. The average molecular weight is 296 g/mol. The Hall–Kier alpha value is -0.900. The van der Waals surface area contributed by atoms with Gasteiger partial charge in [0.05, 0.1) is 0 Å². The van der Waals surface area contributed by atoms with Crippen LogP contribution in [0, 0.1) is 12.3 Å². The number of pyridine rings is 1. The molecular weight excluding hydrogens is 278 g/mol. The lowest BCUT2D eigenvalue weighted by Gasteiger charge is -2.25. The van der Waals surface area contributed by atoms with E-state index in [2.05, 4.69) is 65.8 Å². The van der Waals surface area contributed by atoms with Crippen LogP contribution in [0.15, 0.2) is 18.5 Å². The summed E-state index contributed by atoms with van der Waals surface area (Å²) in [6.45, 7) is 8.81. The number of fused-ring (bicyclic) bond motifs is 1. The van der Waals surface area contributed by atoms with E-state index < -0.39 is 0 Å². The summed E-state index contributed by atoms with van der Waals surface area (Å²) in [5.74, 6) is 0. The SMILES string of the molecule is Cc1cc(CC(Br)C(C)(C)C)n2ncnc2c1. The van der Waals surface area contributed by atoms with Gasteiger partial charge in [-0.1, -0.05) is 36.7 Å². The molecule has 0 bridgehead atoms. The third-order valence-electron chi connectivity index (χ3n) is 2.93. The largest absolute Gasteiger partial charge is 0.218 e. The zero-order chi connectivity index (χ0) is 12.6. The Morgan fingerprint density at radius 3 is 2.71 bits per heavy atom. The molecule has 0 aliphatic carbocycles. The molecule has 0 saturated carbocycles. The van der Waals surface area contributed by atoms with Crippen molar-refractivity contribution in [1.29, 1.82) is 0 Å². The first-order valence-corrected chi connectivity index (χ1v) is 6.73. The lowest BCUT2D eigenvalue weighted by atomic mass is 9.89. The van der Waals surface area contributed by atoms with E-state index in [0.29, 0.717) is 4.83 Å². The Morgan fingerprint density at radius 2 is 2.06 bits per heavy atom. The fourth-order valence-electron chi connectivity index (χ4n) is 1.77. The smallest absolute Gasteiger partial charge is 0.155 e. The molecule has 2 aromatic rings. The van der Waals surface area contributed by atoms with Gasteiger partial charge in [-0.2, -0.15) is 5.10 Å². The van der Waals surface area contributed by atoms with Crippen molar-refractivity contribution >= 4 is 21.6 Å². The van der Waals surface area contributed by atoms with Crippen LogP contribution in [-0.4, -0.2) is 19.4 Å². The molecule has 0 fully saturated rings. The van der Waals surface area contributed by atoms with Crippen molar-refractivity contribution in [1.82, 2.24) is 14.6 Å². The van der Waals surface area contributed by atoms with Crippen LogP contribution in [0.3, 0.4) is 0 Å². The van der Waals surface area contributed by atoms with Gasteiger partial charge in [-0.25, -0.2) is 9.50 Å². The molecule has 1 atom stereocenters. The van der Waals surface area contributed by atoms with Gasteiger partial charge in [0.15, 0.2) is 5.65 Å². The summed E-state index contributed by atoms with van der Waals surface area (Å²) in [6, 6.07) is 4.23. The summed E-state index contributed by atoms with van der Waals surface area (Å²) in [4.78, 5) is 4.67. The van der Waals surface area contributed by atoms with Crippen LogP contribution in [-0.2, 0) is 6.42 Å². The minimum absolute atomic E-state index is 0.233. The van der Waals surface area contributed by atoms with Crippen molar-refractivity contribution in [2.24, 2.45) is 5.41 Å². The summed E-state index contributed by atoms with van der Waals surface area (Å²) < 4.78 is 1.92. The van der Waals surface area contributed by atoms with Gasteiger partial charge < -0.3 is 0 Å². The normalized spacial score (nSPS) is 14.2. The quantitative estimate of drug-likeness (QED) is 0.795. The van der Waals surface area contributed by atoms with Crippen LogP contribution in [0.5, 0.6) is 0 Å². The summed E-state index contributed by atoms with van der Waals surface area (Å²) in [5.41, 5.74) is 3.59. The highest BCUT2D eigenvalue weighted by Crippen LogP contribution is 2.29. The Balaban J connectivity index is 2.38. The molecule has 1 unspecified atom stereocenters. The van der Waals surface area contributed by atoms with Crippen LogP contribution in [0.1, 0.15) is 32.0 Å². The fraction of sp³-hybridized carbons (Fsp3) is 0.538. The molecule has 0 aromatic carbocycles. The molecule has 92 valence electrons. The maximum absolute atomic E-state index is 4.28. The van der Waals surface area contributed by atoms with Crippen LogP contribution >= 0.6 is 15.9 Å². The predicted molar refractivity (Wildman–Crippen MR) is 73.6 cm³/mol. The molecule has 2 aromatic heterocycles. The molecule has 3 nitrogen and oxygen atoms in total. The highest BCUT2D eigenvalue weighted by molar-refractivity contribution is 9.09. The molecule has 0 radical (unpaired) electrons. The third kappa shape index (κ3) is 2.68. The van der Waals surface area contributed by atoms with Crippen molar-refractivity contribution in [3.8, 4) is 0 Å². The standard InChI is InChI=1S/C13H18BrN3/c1-9-5-10(7-11(14)13(2,3)4)17-12(6-9)15-8-16-17/h5-6,8,11H,7H2,1-4H3. The van der Waals surface area contributed by atoms with E-state index in [1.807, 2.05) is 4.52 Å². The zero-order valence-corrected chi connectivity index (χ0v) is 12.3. The van der Waals surface area contributed by atoms with Gasteiger partial charge in [-0.15, -0.1) is 0 Å². The molecule has 0 amide bonds. The van der Waals surface area contributed by atoms with Gasteiger partial charge >= 0.3 is 0 Å². The second-order valence-electron chi connectivity index (χ2n) is 5.59. The third-order valence-corrected chi connectivity index (χ3v) is 4.62. The lowest BCUT2D eigenvalue weighted by molar-refractivity contribution is 0.395. The van der Waals surface area contributed by atoms with Gasteiger partial charge in [0.2, 0.25) is 0 Å². The number of halogens is 1. The topological polar surface area (TPSA) is 30.2 Å². The van der Waals surface area contributed by atoms with Crippen molar-refractivity contribution in [3.63, 3.8) is 0 Å². The van der Waals surface area contributed by atoms with E-state index in [1.165, 1.54) is 11.3 Å². The molecule has 2 rings (SSSR count). The average Bonchev–Trinajstić information content (AvgIpc) is 2.63. The molecule has 0 aliphatic rings. The summed E-state index contributed by atoms with van der Waals surface area (Å²) in [5, 5.41) is 4.28. The molecule has 4 heteroatoms. The monoisotopic (exact) mass is 295 g/mol. The van der Waals surface area contributed by atoms with Crippen molar-refractivity contribution in [2.45, 2.75) is 38.9 Å². The first-order valence-electron chi connectivity index (χ1n) is 5.81. The second kappa shape index (κ2) is 4.41. The fourth-order valence-corrected chi connectivity index (χ4v) is 2.11. The van der Waals surface area contributed by atoms with Gasteiger partial charge in [0.25, 0.3) is 0 Å². The van der Waals surface area contributed by atoms with E-state index >= 15 is 0 Å². The molecule has 0 aliphatic heterocycles. The molecular formula is C13H18BrN3. The zero-order valence-electron chi connectivity index (χ0n) is 10.7. The maximum atomic E-state index is 4.28. The number of hydrogen-bond donors (Lipinski definition) is 0. The Labute approximate surface area is 110 Å². The minimum atomic E-state index is 0.233. The van der Waals surface area contributed by atoms with Gasteiger partial charge in [-0.05, 0) is 30.0 Å². The summed E-state index contributed by atoms with van der Waals surface area (Å²) >= 11 is 3.77. The van der Waals surface area contributed by atoms with E-state index in [0.717, 1.165) is 12.1 Å². The first-order chi connectivity index (χ1) is 7.88. The van der Waals surface area contributed by atoms with E-state index in [-0.39, 0.29) is 5.41 Å². The van der Waals surface area contributed by atoms with Gasteiger partial charge in [-0.3, -0.25) is 0 Å². The second-order valence-corrected chi connectivity index (χ2v) is 6.70. The Kier molecular flexibility index (Phi) is 3.25. The number of aromatic nitrogens is 3. The van der Waals surface area contributed by atoms with E-state index in [1.54, 1.807) is 6.33 Å². The lowest BCUT2D eigenvalue weighted by Crippen LogP contribution is -2.23. The van der Waals surface area contributed by atoms with Crippen molar-refractivity contribution in [2.75, 3.05) is 0 Å². The molecule has 0 saturated heterocycles. The minimum Gasteiger partial charge on any atom is -0.218 e. The number of nitrogens with zero attached hydrogens (tertiary/aromatic N) is 3. The number of alkyl halides is 1. The number of hydrogen-bond acceptors (Lipinski definition) is 2. The van der Waals surface area contributed by atoms with Crippen molar-refractivity contribution < 1.29 is 0 Å². The Bertz CT molecular complexity index is 525. The van der Waals surface area contributed by atoms with E-state index in [4.69, 9.17) is 0 Å². The van der Waals surface area contributed by atoms with E-state index in [9.17, 15) is 0 Å². The molecule has 0 N–H and O–H groups in total.